The molecule has 0 saturated heterocycles. The van der Waals surface area contributed by atoms with Gasteiger partial charge in [0, 0.05) is 12.1 Å². The van der Waals surface area contributed by atoms with Crippen molar-refractivity contribution in [2.75, 3.05) is 12.3 Å². The van der Waals surface area contributed by atoms with Gasteiger partial charge in [0.05, 0.1) is 29.2 Å². The average molecular weight is 341 g/mol. The summed E-state index contributed by atoms with van der Waals surface area (Å²) in [6.07, 6.45) is 3.30. The fourth-order valence-electron chi connectivity index (χ4n) is 2.60. The predicted octanol–water partition coefficient (Wildman–Crippen LogP) is 3.43. The summed E-state index contributed by atoms with van der Waals surface area (Å²) in [5.74, 6) is 0.0399. The lowest BCUT2D eigenvalue weighted by Crippen LogP contribution is -2.28. The molecule has 0 radical (unpaired) electrons. The zero-order chi connectivity index (χ0) is 16.8. The molecule has 5 heteroatoms. The van der Waals surface area contributed by atoms with Crippen LogP contribution in [0.15, 0.2) is 88.6 Å². The summed E-state index contributed by atoms with van der Waals surface area (Å²) < 4.78 is 29.9. The van der Waals surface area contributed by atoms with E-state index in [2.05, 4.69) is 5.32 Å². The molecule has 3 rings (SSSR count). The van der Waals surface area contributed by atoms with Crippen LogP contribution in [0.5, 0.6) is 0 Å². The van der Waals surface area contributed by atoms with Crippen LogP contribution in [-0.4, -0.2) is 20.7 Å². The molecule has 0 amide bonds. The Kier molecular flexibility index (Phi) is 5.13. The third-order valence-corrected chi connectivity index (χ3v) is 5.56. The highest BCUT2D eigenvalue weighted by Gasteiger charge is 2.18. The first-order chi connectivity index (χ1) is 11.7. The van der Waals surface area contributed by atoms with Crippen LogP contribution in [-0.2, 0) is 9.84 Å². The Morgan fingerprint density at radius 2 is 1.54 bits per heavy atom. The minimum atomic E-state index is -3.29. The van der Waals surface area contributed by atoms with Gasteiger partial charge in [0.25, 0.3) is 0 Å². The summed E-state index contributed by atoms with van der Waals surface area (Å²) in [7, 11) is -3.29. The highest BCUT2D eigenvalue weighted by atomic mass is 32.2. The number of sulfone groups is 1. The summed E-state index contributed by atoms with van der Waals surface area (Å²) in [6.45, 7) is 0.349. The Hall–Kier alpha value is -2.37. The quantitative estimate of drug-likeness (QED) is 0.715. The van der Waals surface area contributed by atoms with Crippen molar-refractivity contribution in [3.63, 3.8) is 0 Å². The van der Waals surface area contributed by atoms with Crippen molar-refractivity contribution in [1.29, 1.82) is 0 Å². The van der Waals surface area contributed by atoms with Gasteiger partial charge in [-0.05, 0) is 23.8 Å². The van der Waals surface area contributed by atoms with Crippen molar-refractivity contribution in [2.45, 2.75) is 10.9 Å². The van der Waals surface area contributed by atoms with E-state index in [0.29, 0.717) is 11.4 Å². The van der Waals surface area contributed by atoms with Crippen molar-refractivity contribution in [1.82, 2.24) is 5.32 Å². The van der Waals surface area contributed by atoms with Crippen LogP contribution in [0.4, 0.5) is 0 Å². The minimum absolute atomic E-state index is 0.0399. The van der Waals surface area contributed by atoms with Crippen LogP contribution in [0, 0.1) is 0 Å². The SMILES string of the molecule is O=S(=O)(CCNC(c1ccccc1)c1ccoc1)c1ccccc1. The molecule has 1 atom stereocenters. The van der Waals surface area contributed by atoms with Gasteiger partial charge in [-0.3, -0.25) is 0 Å². The van der Waals surface area contributed by atoms with Crippen molar-refractivity contribution in [2.24, 2.45) is 0 Å². The Bertz CT molecular complexity index is 844. The van der Waals surface area contributed by atoms with Crippen molar-refractivity contribution in [3.8, 4) is 0 Å². The summed E-state index contributed by atoms with van der Waals surface area (Å²) in [4.78, 5) is 0.353. The summed E-state index contributed by atoms with van der Waals surface area (Å²) >= 11 is 0. The van der Waals surface area contributed by atoms with E-state index in [1.54, 1.807) is 36.8 Å². The first-order valence-corrected chi connectivity index (χ1v) is 9.40. The maximum absolute atomic E-state index is 12.4. The number of furan rings is 1. The number of rotatable bonds is 7. The first-order valence-electron chi connectivity index (χ1n) is 7.75. The van der Waals surface area contributed by atoms with Gasteiger partial charge in [0.1, 0.15) is 0 Å². The van der Waals surface area contributed by atoms with Gasteiger partial charge >= 0.3 is 0 Å². The lowest BCUT2D eigenvalue weighted by atomic mass is 10.0. The second-order valence-electron chi connectivity index (χ2n) is 5.49. The Labute approximate surface area is 142 Å². The van der Waals surface area contributed by atoms with E-state index in [4.69, 9.17) is 4.42 Å². The highest BCUT2D eigenvalue weighted by molar-refractivity contribution is 7.91. The molecule has 0 aliphatic rings. The first kappa shape index (κ1) is 16.5. The monoisotopic (exact) mass is 341 g/mol. The number of nitrogens with one attached hydrogen (secondary N) is 1. The van der Waals surface area contributed by atoms with Gasteiger partial charge in [-0.2, -0.15) is 0 Å². The zero-order valence-corrected chi connectivity index (χ0v) is 13.9. The van der Waals surface area contributed by atoms with E-state index in [1.807, 2.05) is 42.5 Å². The maximum Gasteiger partial charge on any atom is 0.179 e. The van der Waals surface area contributed by atoms with Crippen molar-refractivity contribution in [3.05, 3.63) is 90.4 Å². The van der Waals surface area contributed by atoms with Gasteiger partial charge < -0.3 is 9.73 Å². The van der Waals surface area contributed by atoms with Crippen LogP contribution in [0.3, 0.4) is 0 Å². The van der Waals surface area contributed by atoms with E-state index in [-0.39, 0.29) is 11.8 Å². The van der Waals surface area contributed by atoms with Crippen molar-refractivity contribution >= 4 is 9.84 Å². The van der Waals surface area contributed by atoms with Crippen LogP contribution < -0.4 is 5.32 Å². The zero-order valence-electron chi connectivity index (χ0n) is 13.1. The number of benzene rings is 2. The third kappa shape index (κ3) is 3.93. The van der Waals surface area contributed by atoms with Gasteiger partial charge in [-0.25, -0.2) is 8.42 Å². The van der Waals surface area contributed by atoms with Gasteiger partial charge in [-0.1, -0.05) is 48.5 Å². The number of hydrogen-bond acceptors (Lipinski definition) is 4. The lowest BCUT2D eigenvalue weighted by Gasteiger charge is -2.18. The largest absolute Gasteiger partial charge is 0.472 e. The van der Waals surface area contributed by atoms with Gasteiger partial charge in [-0.15, -0.1) is 0 Å². The van der Waals surface area contributed by atoms with Crippen LogP contribution in [0.1, 0.15) is 17.2 Å². The van der Waals surface area contributed by atoms with E-state index in [9.17, 15) is 8.42 Å². The fraction of sp³-hybridized carbons (Fsp3) is 0.158. The molecule has 1 unspecified atom stereocenters. The molecular weight excluding hydrogens is 322 g/mol. The van der Waals surface area contributed by atoms with Gasteiger partial charge in [0.15, 0.2) is 9.84 Å². The molecule has 24 heavy (non-hydrogen) atoms. The maximum atomic E-state index is 12.4. The number of hydrogen-bond donors (Lipinski definition) is 1. The standard InChI is InChI=1S/C19H19NO3S/c21-24(22,18-9-5-2-6-10-18)14-12-20-19(17-11-13-23-15-17)16-7-3-1-4-8-16/h1-11,13,15,19-20H,12,14H2. The van der Waals surface area contributed by atoms with E-state index >= 15 is 0 Å². The molecular formula is C19H19NO3S. The molecule has 0 spiro atoms. The molecule has 1 heterocycles. The molecule has 0 fully saturated rings. The Morgan fingerprint density at radius 1 is 0.875 bits per heavy atom. The molecule has 1 aromatic heterocycles. The molecule has 0 saturated carbocycles. The molecule has 1 N–H and O–H groups in total. The van der Waals surface area contributed by atoms with Crippen LogP contribution in [0.2, 0.25) is 0 Å². The van der Waals surface area contributed by atoms with E-state index in [1.165, 1.54) is 0 Å². The highest BCUT2D eigenvalue weighted by Crippen LogP contribution is 2.22. The Balaban J connectivity index is 1.71. The van der Waals surface area contributed by atoms with Crippen LogP contribution >= 0.6 is 0 Å². The predicted molar refractivity (Wildman–Crippen MR) is 93.5 cm³/mol. The smallest absolute Gasteiger partial charge is 0.179 e. The molecule has 0 aliphatic carbocycles. The molecule has 2 aromatic carbocycles. The van der Waals surface area contributed by atoms with Gasteiger partial charge in [0.2, 0.25) is 0 Å². The van der Waals surface area contributed by atoms with Crippen LogP contribution in [0.25, 0.3) is 0 Å². The molecule has 124 valence electrons. The summed E-state index contributed by atoms with van der Waals surface area (Å²) in [5.41, 5.74) is 2.04. The summed E-state index contributed by atoms with van der Waals surface area (Å²) in [6, 6.07) is 20.2. The topological polar surface area (TPSA) is 59.3 Å². The average Bonchev–Trinajstić information content (AvgIpc) is 3.14. The molecule has 0 aliphatic heterocycles. The second-order valence-corrected chi connectivity index (χ2v) is 7.60. The summed E-state index contributed by atoms with van der Waals surface area (Å²) in [5, 5.41) is 3.33. The minimum Gasteiger partial charge on any atom is -0.472 e. The Morgan fingerprint density at radius 3 is 2.17 bits per heavy atom. The van der Waals surface area contributed by atoms with E-state index in [0.717, 1.165) is 11.1 Å². The molecule has 4 nitrogen and oxygen atoms in total. The fourth-order valence-corrected chi connectivity index (χ4v) is 3.79. The molecule has 3 aromatic rings. The molecule has 0 bridgehead atoms. The van der Waals surface area contributed by atoms with E-state index < -0.39 is 9.84 Å². The lowest BCUT2D eigenvalue weighted by molar-refractivity contribution is 0.551. The third-order valence-electron chi connectivity index (χ3n) is 3.83. The second kappa shape index (κ2) is 7.47. The normalized spacial score (nSPS) is 12.8. The van der Waals surface area contributed by atoms with Crippen molar-refractivity contribution < 1.29 is 12.8 Å².